The van der Waals surface area contributed by atoms with E-state index in [4.69, 9.17) is 14.5 Å². The molecule has 1 N–H and O–H groups in total. The lowest BCUT2D eigenvalue weighted by Gasteiger charge is -2.37. The Balaban J connectivity index is 1.40. The predicted molar refractivity (Wildman–Crippen MR) is 117 cm³/mol. The van der Waals surface area contributed by atoms with Gasteiger partial charge in [0.25, 0.3) is 5.56 Å². The summed E-state index contributed by atoms with van der Waals surface area (Å²) in [5.41, 5.74) is 1.87. The van der Waals surface area contributed by atoms with Crippen molar-refractivity contribution in [2.75, 3.05) is 40.4 Å². The van der Waals surface area contributed by atoms with Crippen LogP contribution in [-0.4, -0.2) is 60.2 Å². The third-order valence-electron chi connectivity index (χ3n) is 5.84. The van der Waals surface area contributed by atoms with Crippen LogP contribution in [0.1, 0.15) is 24.4 Å². The number of ether oxygens (including phenoxy) is 2. The molecular formula is C23H28N4O3. The molecule has 0 spiro atoms. The minimum absolute atomic E-state index is 0.0607. The maximum Gasteiger partial charge on any atom is 0.258 e. The molecule has 0 bridgehead atoms. The van der Waals surface area contributed by atoms with E-state index < -0.39 is 0 Å². The van der Waals surface area contributed by atoms with E-state index in [0.717, 1.165) is 55.6 Å². The summed E-state index contributed by atoms with van der Waals surface area (Å²) in [6.45, 7) is 6.73. The SMILES string of the molecule is COc1ccc(CN2CCN([C@@H](C)c3nc4ccccc4c(=O)[nH]3)CC2)cc1OC. The molecule has 3 aromatic rings. The van der Waals surface area contributed by atoms with Gasteiger partial charge < -0.3 is 14.5 Å². The second-order valence-corrected chi connectivity index (χ2v) is 7.65. The number of nitrogens with zero attached hydrogens (tertiary/aromatic N) is 3. The fourth-order valence-corrected chi connectivity index (χ4v) is 4.02. The van der Waals surface area contributed by atoms with Crippen LogP contribution in [0.3, 0.4) is 0 Å². The van der Waals surface area contributed by atoms with Crippen molar-refractivity contribution in [2.24, 2.45) is 0 Å². The van der Waals surface area contributed by atoms with E-state index in [-0.39, 0.29) is 11.6 Å². The molecule has 1 aromatic heterocycles. The molecule has 7 heteroatoms. The first kappa shape index (κ1) is 20.4. The van der Waals surface area contributed by atoms with Gasteiger partial charge in [-0.25, -0.2) is 4.98 Å². The number of para-hydroxylation sites is 1. The monoisotopic (exact) mass is 408 g/mol. The number of hydrogen-bond donors (Lipinski definition) is 1. The van der Waals surface area contributed by atoms with Gasteiger partial charge in [0.1, 0.15) is 5.82 Å². The quantitative estimate of drug-likeness (QED) is 0.676. The highest BCUT2D eigenvalue weighted by atomic mass is 16.5. The van der Waals surface area contributed by atoms with Crippen LogP contribution in [0.4, 0.5) is 0 Å². The maximum atomic E-state index is 12.4. The number of benzene rings is 2. The fraction of sp³-hybridized carbons (Fsp3) is 0.391. The zero-order valence-corrected chi connectivity index (χ0v) is 17.7. The molecule has 0 unspecified atom stereocenters. The Morgan fingerprint density at radius 1 is 1.03 bits per heavy atom. The molecule has 1 fully saturated rings. The van der Waals surface area contributed by atoms with E-state index in [2.05, 4.69) is 27.8 Å². The van der Waals surface area contributed by atoms with Gasteiger partial charge in [0.05, 0.1) is 31.2 Å². The van der Waals surface area contributed by atoms with Crippen LogP contribution >= 0.6 is 0 Å². The molecule has 158 valence electrons. The summed E-state index contributed by atoms with van der Waals surface area (Å²) in [5.74, 6) is 2.23. The van der Waals surface area contributed by atoms with Crippen molar-refractivity contribution >= 4 is 10.9 Å². The Morgan fingerprint density at radius 3 is 2.50 bits per heavy atom. The van der Waals surface area contributed by atoms with E-state index in [1.54, 1.807) is 14.2 Å². The summed E-state index contributed by atoms with van der Waals surface area (Å²) in [7, 11) is 3.31. The van der Waals surface area contributed by atoms with Crippen LogP contribution in [0.2, 0.25) is 0 Å². The number of methoxy groups -OCH3 is 2. The van der Waals surface area contributed by atoms with E-state index in [1.807, 2.05) is 36.4 Å². The van der Waals surface area contributed by atoms with Crippen molar-refractivity contribution in [1.82, 2.24) is 19.8 Å². The van der Waals surface area contributed by atoms with Gasteiger partial charge >= 0.3 is 0 Å². The third kappa shape index (κ3) is 4.17. The standard InChI is InChI=1S/C23H28N4O3/c1-16(22-24-19-7-5-4-6-18(19)23(28)25-22)27-12-10-26(11-13-27)15-17-8-9-20(29-2)21(14-17)30-3/h4-9,14,16H,10-13,15H2,1-3H3,(H,24,25,28)/t16-/m0/s1. The first-order valence-electron chi connectivity index (χ1n) is 10.3. The second-order valence-electron chi connectivity index (χ2n) is 7.65. The lowest BCUT2D eigenvalue weighted by Crippen LogP contribution is -2.47. The Kier molecular flexibility index (Phi) is 6.01. The normalized spacial score (nSPS) is 16.5. The average molecular weight is 409 g/mol. The highest BCUT2D eigenvalue weighted by molar-refractivity contribution is 5.77. The first-order valence-corrected chi connectivity index (χ1v) is 10.3. The van der Waals surface area contributed by atoms with Crippen molar-refractivity contribution < 1.29 is 9.47 Å². The van der Waals surface area contributed by atoms with Gasteiger partial charge in [-0.2, -0.15) is 0 Å². The van der Waals surface area contributed by atoms with Crippen molar-refractivity contribution in [3.05, 3.63) is 64.2 Å². The molecule has 1 atom stereocenters. The largest absolute Gasteiger partial charge is 0.493 e. The third-order valence-corrected chi connectivity index (χ3v) is 5.84. The lowest BCUT2D eigenvalue weighted by molar-refractivity contribution is 0.0947. The van der Waals surface area contributed by atoms with E-state index in [9.17, 15) is 4.79 Å². The van der Waals surface area contributed by atoms with Crippen LogP contribution in [-0.2, 0) is 6.54 Å². The summed E-state index contributed by atoms with van der Waals surface area (Å²) >= 11 is 0. The molecular weight excluding hydrogens is 380 g/mol. The molecule has 1 saturated heterocycles. The van der Waals surface area contributed by atoms with Crippen LogP contribution in [0.5, 0.6) is 11.5 Å². The second kappa shape index (κ2) is 8.85. The van der Waals surface area contributed by atoms with Gasteiger partial charge in [0, 0.05) is 32.7 Å². The van der Waals surface area contributed by atoms with Gasteiger partial charge in [0.15, 0.2) is 11.5 Å². The average Bonchev–Trinajstić information content (AvgIpc) is 2.79. The number of H-pyrrole nitrogens is 1. The molecule has 30 heavy (non-hydrogen) atoms. The van der Waals surface area contributed by atoms with E-state index in [0.29, 0.717) is 5.39 Å². The number of aromatic nitrogens is 2. The number of nitrogens with one attached hydrogen (secondary N) is 1. The molecule has 1 aliphatic rings. The molecule has 2 heterocycles. The number of piperazine rings is 1. The molecule has 0 aliphatic carbocycles. The number of fused-ring (bicyclic) bond motifs is 1. The molecule has 1 aliphatic heterocycles. The molecule has 2 aromatic carbocycles. The van der Waals surface area contributed by atoms with E-state index in [1.165, 1.54) is 5.56 Å². The Morgan fingerprint density at radius 2 is 1.77 bits per heavy atom. The molecule has 4 rings (SSSR count). The van der Waals surface area contributed by atoms with Gasteiger partial charge in [0.2, 0.25) is 0 Å². The summed E-state index contributed by atoms with van der Waals surface area (Å²) in [4.78, 5) is 24.9. The summed E-state index contributed by atoms with van der Waals surface area (Å²) < 4.78 is 10.7. The lowest BCUT2D eigenvalue weighted by atomic mass is 10.1. The topological polar surface area (TPSA) is 70.7 Å². The Hall–Kier alpha value is -2.90. The Bertz CT molecular complexity index is 1070. The predicted octanol–water partition coefficient (Wildman–Crippen LogP) is 2.82. The fourth-order valence-electron chi connectivity index (χ4n) is 4.02. The van der Waals surface area contributed by atoms with Crippen molar-refractivity contribution in [3.63, 3.8) is 0 Å². The van der Waals surface area contributed by atoms with Crippen LogP contribution in [0.15, 0.2) is 47.3 Å². The van der Waals surface area contributed by atoms with Crippen LogP contribution in [0, 0.1) is 0 Å². The minimum atomic E-state index is -0.0745. The molecule has 7 nitrogen and oxygen atoms in total. The zero-order valence-electron chi connectivity index (χ0n) is 17.7. The molecule has 0 amide bonds. The van der Waals surface area contributed by atoms with Crippen molar-refractivity contribution in [1.29, 1.82) is 0 Å². The number of aromatic amines is 1. The van der Waals surface area contributed by atoms with Gasteiger partial charge in [-0.3, -0.25) is 14.6 Å². The Labute approximate surface area is 176 Å². The van der Waals surface area contributed by atoms with Gasteiger partial charge in [-0.05, 0) is 36.8 Å². The van der Waals surface area contributed by atoms with Gasteiger partial charge in [-0.15, -0.1) is 0 Å². The van der Waals surface area contributed by atoms with E-state index >= 15 is 0 Å². The van der Waals surface area contributed by atoms with Crippen molar-refractivity contribution in [3.8, 4) is 11.5 Å². The molecule has 0 saturated carbocycles. The summed E-state index contributed by atoms with van der Waals surface area (Å²) in [6.07, 6.45) is 0. The summed E-state index contributed by atoms with van der Waals surface area (Å²) in [6, 6.07) is 13.6. The first-order chi connectivity index (χ1) is 14.6. The number of hydrogen-bond acceptors (Lipinski definition) is 6. The van der Waals surface area contributed by atoms with Gasteiger partial charge in [-0.1, -0.05) is 18.2 Å². The summed E-state index contributed by atoms with van der Waals surface area (Å²) in [5, 5.41) is 0.633. The minimum Gasteiger partial charge on any atom is -0.493 e. The maximum absolute atomic E-state index is 12.4. The van der Waals surface area contributed by atoms with Crippen LogP contribution in [0.25, 0.3) is 10.9 Å². The van der Waals surface area contributed by atoms with Crippen LogP contribution < -0.4 is 15.0 Å². The highest BCUT2D eigenvalue weighted by Crippen LogP contribution is 2.28. The van der Waals surface area contributed by atoms with Crippen molar-refractivity contribution in [2.45, 2.75) is 19.5 Å². The number of rotatable bonds is 6. The zero-order chi connectivity index (χ0) is 21.1. The molecule has 0 radical (unpaired) electrons. The smallest absolute Gasteiger partial charge is 0.258 e. The highest BCUT2D eigenvalue weighted by Gasteiger charge is 2.24.